The average Bonchev–Trinajstić information content (AvgIpc) is 3.29. The molecule has 1 aliphatic rings. The molecule has 1 aliphatic heterocycles. The number of ether oxygens (including phenoxy) is 1. The lowest BCUT2D eigenvalue weighted by atomic mass is 10.1. The third kappa shape index (κ3) is 4.98. The van der Waals surface area contributed by atoms with Crippen LogP contribution in [0, 0.1) is 23.1 Å². The van der Waals surface area contributed by atoms with Gasteiger partial charge in [-0.2, -0.15) is 5.26 Å². The number of carbonyl (C=O) groups excluding carboxylic acids is 1. The van der Waals surface area contributed by atoms with Crippen molar-refractivity contribution < 1.29 is 13.9 Å². The SMILES string of the molecule is N#Cc1ccc(N2CCC(C(=O)Nc3ccc(OCc4ccccc4)nc3)C2)c(F)c1. The van der Waals surface area contributed by atoms with Gasteiger partial charge in [-0.15, -0.1) is 0 Å². The fraction of sp³-hybridized carbons (Fsp3) is 0.208. The molecule has 2 heterocycles. The van der Waals surface area contributed by atoms with Gasteiger partial charge in [0.1, 0.15) is 12.4 Å². The molecule has 0 radical (unpaired) electrons. The monoisotopic (exact) mass is 416 g/mol. The minimum atomic E-state index is -0.449. The zero-order valence-electron chi connectivity index (χ0n) is 16.8. The normalized spacial score (nSPS) is 15.4. The van der Waals surface area contributed by atoms with Crippen molar-refractivity contribution in [1.29, 1.82) is 5.26 Å². The summed E-state index contributed by atoms with van der Waals surface area (Å²) in [5.74, 6) is -0.360. The third-order valence-electron chi connectivity index (χ3n) is 5.21. The Balaban J connectivity index is 1.31. The molecule has 0 spiro atoms. The number of rotatable bonds is 6. The zero-order chi connectivity index (χ0) is 21.6. The molecule has 31 heavy (non-hydrogen) atoms. The molecule has 4 rings (SSSR count). The van der Waals surface area contributed by atoms with Gasteiger partial charge < -0.3 is 15.0 Å². The molecule has 1 unspecified atom stereocenters. The Hall–Kier alpha value is -3.92. The summed E-state index contributed by atoms with van der Waals surface area (Å²) in [4.78, 5) is 18.7. The Morgan fingerprint density at radius 2 is 2.06 bits per heavy atom. The summed E-state index contributed by atoms with van der Waals surface area (Å²) in [6.45, 7) is 1.41. The first-order valence-corrected chi connectivity index (χ1v) is 10.0. The van der Waals surface area contributed by atoms with Crippen LogP contribution in [0.5, 0.6) is 5.88 Å². The number of halogens is 1. The number of benzene rings is 2. The van der Waals surface area contributed by atoms with E-state index in [9.17, 15) is 9.18 Å². The molecule has 1 fully saturated rings. The number of hydrogen-bond acceptors (Lipinski definition) is 5. The Kier molecular flexibility index (Phi) is 6.08. The standard InChI is InChI=1S/C24H21FN4O2/c25-21-12-18(13-26)6-8-22(21)29-11-10-19(15-29)24(30)28-20-7-9-23(27-14-20)31-16-17-4-2-1-3-5-17/h1-9,12,14,19H,10-11,15-16H2,(H,28,30). The van der Waals surface area contributed by atoms with Crippen LogP contribution in [0.4, 0.5) is 15.8 Å². The van der Waals surface area contributed by atoms with Crippen molar-refractivity contribution in [2.45, 2.75) is 13.0 Å². The van der Waals surface area contributed by atoms with Crippen LogP contribution in [0.25, 0.3) is 0 Å². The Bertz CT molecular complexity index is 1100. The highest BCUT2D eigenvalue weighted by atomic mass is 19.1. The lowest BCUT2D eigenvalue weighted by molar-refractivity contribution is -0.119. The number of pyridine rings is 1. The van der Waals surface area contributed by atoms with Gasteiger partial charge in [-0.05, 0) is 36.2 Å². The highest BCUT2D eigenvalue weighted by molar-refractivity contribution is 5.93. The van der Waals surface area contributed by atoms with E-state index in [0.29, 0.717) is 43.4 Å². The summed E-state index contributed by atoms with van der Waals surface area (Å²) in [6, 6.07) is 19.6. The van der Waals surface area contributed by atoms with Crippen LogP contribution in [0.15, 0.2) is 66.9 Å². The molecule has 156 valence electrons. The van der Waals surface area contributed by atoms with Gasteiger partial charge in [0.15, 0.2) is 0 Å². The highest BCUT2D eigenvalue weighted by Crippen LogP contribution is 2.28. The van der Waals surface area contributed by atoms with Gasteiger partial charge in [0.05, 0.1) is 35.1 Å². The van der Waals surface area contributed by atoms with E-state index in [-0.39, 0.29) is 17.4 Å². The summed E-state index contributed by atoms with van der Waals surface area (Å²) >= 11 is 0. The van der Waals surface area contributed by atoms with Crippen molar-refractivity contribution in [3.8, 4) is 11.9 Å². The molecule has 0 aliphatic carbocycles. The van der Waals surface area contributed by atoms with E-state index in [1.807, 2.05) is 41.3 Å². The van der Waals surface area contributed by atoms with Crippen LogP contribution >= 0.6 is 0 Å². The lowest BCUT2D eigenvalue weighted by Gasteiger charge is -2.19. The highest BCUT2D eigenvalue weighted by Gasteiger charge is 2.29. The maximum absolute atomic E-state index is 14.3. The van der Waals surface area contributed by atoms with Crippen molar-refractivity contribution in [3.05, 3.63) is 83.8 Å². The van der Waals surface area contributed by atoms with Crippen molar-refractivity contribution >= 4 is 17.3 Å². The van der Waals surface area contributed by atoms with Crippen LogP contribution in [0.1, 0.15) is 17.5 Å². The van der Waals surface area contributed by atoms with E-state index in [2.05, 4.69) is 10.3 Å². The Morgan fingerprint density at radius 3 is 2.77 bits per heavy atom. The van der Waals surface area contributed by atoms with E-state index < -0.39 is 5.82 Å². The minimum absolute atomic E-state index is 0.128. The fourth-order valence-corrected chi connectivity index (χ4v) is 3.54. The molecule has 6 nitrogen and oxygen atoms in total. The summed E-state index contributed by atoms with van der Waals surface area (Å²) in [7, 11) is 0. The second kappa shape index (κ2) is 9.26. The molecule has 7 heteroatoms. The fourth-order valence-electron chi connectivity index (χ4n) is 3.54. The first-order chi connectivity index (χ1) is 15.1. The summed E-state index contributed by atoms with van der Waals surface area (Å²) in [5, 5.41) is 11.7. The molecular formula is C24H21FN4O2. The van der Waals surface area contributed by atoms with E-state index >= 15 is 0 Å². The maximum atomic E-state index is 14.3. The molecular weight excluding hydrogens is 395 g/mol. The number of nitriles is 1. The Labute approximate surface area is 179 Å². The van der Waals surface area contributed by atoms with Crippen LogP contribution in [0.2, 0.25) is 0 Å². The number of nitrogens with one attached hydrogen (secondary N) is 1. The quantitative estimate of drug-likeness (QED) is 0.654. The molecule has 1 amide bonds. The minimum Gasteiger partial charge on any atom is -0.473 e. The number of nitrogens with zero attached hydrogens (tertiary/aromatic N) is 3. The molecule has 3 aromatic rings. The molecule has 2 aromatic carbocycles. The summed E-state index contributed by atoms with van der Waals surface area (Å²) < 4.78 is 19.9. The van der Waals surface area contributed by atoms with Gasteiger partial charge >= 0.3 is 0 Å². The molecule has 1 aromatic heterocycles. The largest absolute Gasteiger partial charge is 0.473 e. The van der Waals surface area contributed by atoms with Crippen LogP contribution < -0.4 is 15.0 Å². The second-order valence-electron chi connectivity index (χ2n) is 7.36. The van der Waals surface area contributed by atoms with Crippen molar-refractivity contribution in [2.24, 2.45) is 5.92 Å². The maximum Gasteiger partial charge on any atom is 0.229 e. The van der Waals surface area contributed by atoms with Crippen molar-refractivity contribution in [1.82, 2.24) is 4.98 Å². The molecule has 1 atom stereocenters. The van der Waals surface area contributed by atoms with Crippen molar-refractivity contribution in [3.63, 3.8) is 0 Å². The Morgan fingerprint density at radius 1 is 1.23 bits per heavy atom. The number of amides is 1. The van der Waals surface area contributed by atoms with E-state index in [1.54, 1.807) is 30.5 Å². The van der Waals surface area contributed by atoms with Crippen LogP contribution in [-0.4, -0.2) is 24.0 Å². The van der Waals surface area contributed by atoms with E-state index in [4.69, 9.17) is 10.00 Å². The van der Waals surface area contributed by atoms with Crippen LogP contribution in [0.3, 0.4) is 0 Å². The molecule has 1 saturated heterocycles. The number of aromatic nitrogens is 1. The van der Waals surface area contributed by atoms with E-state index in [1.165, 1.54) is 6.07 Å². The summed E-state index contributed by atoms with van der Waals surface area (Å²) in [6.07, 6.45) is 2.18. The predicted molar refractivity (Wildman–Crippen MR) is 115 cm³/mol. The van der Waals surface area contributed by atoms with Gasteiger partial charge in [0.2, 0.25) is 11.8 Å². The zero-order valence-corrected chi connectivity index (χ0v) is 16.8. The number of carbonyl (C=O) groups is 1. The number of anilines is 2. The van der Waals surface area contributed by atoms with Crippen molar-refractivity contribution in [2.75, 3.05) is 23.3 Å². The van der Waals surface area contributed by atoms with Crippen LogP contribution in [-0.2, 0) is 11.4 Å². The van der Waals surface area contributed by atoms with Gasteiger partial charge in [0.25, 0.3) is 0 Å². The average molecular weight is 416 g/mol. The predicted octanol–water partition coefficient (Wildman–Crippen LogP) is 4.14. The van der Waals surface area contributed by atoms with Gasteiger partial charge in [-0.1, -0.05) is 30.3 Å². The lowest BCUT2D eigenvalue weighted by Crippen LogP contribution is -2.27. The molecule has 0 bridgehead atoms. The van der Waals surface area contributed by atoms with Gasteiger partial charge in [-0.25, -0.2) is 9.37 Å². The number of hydrogen-bond donors (Lipinski definition) is 1. The van der Waals surface area contributed by atoms with Gasteiger partial charge in [0, 0.05) is 19.2 Å². The topological polar surface area (TPSA) is 78.2 Å². The smallest absolute Gasteiger partial charge is 0.229 e. The van der Waals surface area contributed by atoms with Gasteiger partial charge in [-0.3, -0.25) is 4.79 Å². The molecule has 0 saturated carbocycles. The first kappa shape index (κ1) is 20.4. The summed E-state index contributed by atoms with van der Waals surface area (Å²) in [5.41, 5.74) is 2.32. The first-order valence-electron chi connectivity index (χ1n) is 10.0. The van der Waals surface area contributed by atoms with E-state index in [0.717, 1.165) is 5.56 Å². The molecule has 1 N–H and O–H groups in total. The second-order valence-corrected chi connectivity index (χ2v) is 7.36. The third-order valence-corrected chi connectivity index (χ3v) is 5.21.